The molecule has 1 aromatic carbocycles. The summed E-state index contributed by atoms with van der Waals surface area (Å²) in [5.41, 5.74) is 1.89. The lowest BCUT2D eigenvalue weighted by Gasteiger charge is -2.23. The number of carbonyl (C=O) groups excluding carboxylic acids is 2. The summed E-state index contributed by atoms with van der Waals surface area (Å²) in [4.78, 5) is 25.7. The number of amides is 2. The van der Waals surface area contributed by atoms with E-state index in [1.807, 2.05) is 12.1 Å². The van der Waals surface area contributed by atoms with Gasteiger partial charge in [-0.05, 0) is 56.1 Å². The van der Waals surface area contributed by atoms with E-state index in [1.54, 1.807) is 6.07 Å². The van der Waals surface area contributed by atoms with Crippen molar-refractivity contribution in [3.8, 4) is 5.75 Å². The Kier molecular flexibility index (Phi) is 5.35. The molecule has 2 aliphatic heterocycles. The molecule has 0 bridgehead atoms. The van der Waals surface area contributed by atoms with Crippen molar-refractivity contribution in [1.29, 1.82) is 0 Å². The topological polar surface area (TPSA) is 70.7 Å². The highest BCUT2D eigenvalue weighted by Gasteiger charge is 2.23. The lowest BCUT2D eigenvalue weighted by Crippen LogP contribution is -2.41. The third kappa shape index (κ3) is 4.06. The van der Waals surface area contributed by atoms with Crippen LogP contribution >= 0.6 is 0 Å². The van der Waals surface area contributed by atoms with Crippen molar-refractivity contribution in [3.05, 3.63) is 23.8 Å². The molecule has 1 atom stereocenters. The molecular formula is C18H25N3O3. The van der Waals surface area contributed by atoms with Gasteiger partial charge in [-0.3, -0.25) is 14.5 Å². The van der Waals surface area contributed by atoms with Gasteiger partial charge in [-0.15, -0.1) is 0 Å². The first-order chi connectivity index (χ1) is 11.7. The SMILES string of the molecule is CCN1CCC[C@H]1CNC(=O)COc1ccc2c(c1)CCC(=O)N2. The third-order valence-electron chi connectivity index (χ3n) is 4.78. The van der Waals surface area contributed by atoms with E-state index in [-0.39, 0.29) is 18.4 Å². The van der Waals surface area contributed by atoms with E-state index in [4.69, 9.17) is 4.74 Å². The summed E-state index contributed by atoms with van der Waals surface area (Å²) in [6, 6.07) is 5.97. The van der Waals surface area contributed by atoms with Crippen LogP contribution in [-0.4, -0.2) is 49.0 Å². The quantitative estimate of drug-likeness (QED) is 0.830. The molecule has 3 rings (SSSR count). The molecule has 1 fully saturated rings. The molecule has 0 saturated carbocycles. The van der Waals surface area contributed by atoms with Crippen LogP contribution in [0.25, 0.3) is 0 Å². The van der Waals surface area contributed by atoms with Gasteiger partial charge in [0.05, 0.1) is 0 Å². The van der Waals surface area contributed by atoms with Gasteiger partial charge >= 0.3 is 0 Å². The summed E-state index contributed by atoms with van der Waals surface area (Å²) in [7, 11) is 0. The molecule has 6 nitrogen and oxygen atoms in total. The van der Waals surface area contributed by atoms with Crippen LogP contribution in [-0.2, 0) is 16.0 Å². The van der Waals surface area contributed by atoms with Crippen LogP contribution < -0.4 is 15.4 Å². The fourth-order valence-corrected chi connectivity index (χ4v) is 3.42. The number of nitrogens with one attached hydrogen (secondary N) is 2. The Hall–Kier alpha value is -2.08. The standard InChI is InChI=1S/C18H25N3O3/c1-2-21-9-3-4-14(21)11-19-18(23)12-24-15-6-7-16-13(10-15)5-8-17(22)20-16/h6-7,10,14H,2-5,8-9,11-12H2,1H3,(H,19,23)(H,20,22)/t14-/m0/s1. The molecule has 6 heteroatoms. The predicted molar refractivity (Wildman–Crippen MR) is 92.2 cm³/mol. The smallest absolute Gasteiger partial charge is 0.257 e. The normalized spacial score (nSPS) is 20.4. The number of hydrogen-bond donors (Lipinski definition) is 2. The Bertz CT molecular complexity index is 618. The number of hydrogen-bond acceptors (Lipinski definition) is 4. The largest absolute Gasteiger partial charge is 0.484 e. The molecular weight excluding hydrogens is 306 g/mol. The van der Waals surface area contributed by atoms with Crippen molar-refractivity contribution in [2.75, 3.05) is 31.6 Å². The zero-order valence-electron chi connectivity index (χ0n) is 14.1. The number of aryl methyl sites for hydroxylation is 1. The summed E-state index contributed by atoms with van der Waals surface area (Å²) in [5.74, 6) is 0.614. The van der Waals surface area contributed by atoms with Crippen molar-refractivity contribution in [2.45, 2.75) is 38.6 Å². The van der Waals surface area contributed by atoms with Gasteiger partial charge in [0, 0.05) is 24.7 Å². The highest BCUT2D eigenvalue weighted by atomic mass is 16.5. The second-order valence-corrected chi connectivity index (χ2v) is 6.38. The lowest BCUT2D eigenvalue weighted by molar-refractivity contribution is -0.123. The molecule has 0 aliphatic carbocycles. The van der Waals surface area contributed by atoms with Gasteiger partial charge in [-0.2, -0.15) is 0 Å². The maximum absolute atomic E-state index is 12.0. The first kappa shape index (κ1) is 16.8. The van der Waals surface area contributed by atoms with Gasteiger partial charge in [-0.25, -0.2) is 0 Å². The maximum Gasteiger partial charge on any atom is 0.257 e. The molecule has 1 aromatic rings. The van der Waals surface area contributed by atoms with Crippen molar-refractivity contribution in [3.63, 3.8) is 0 Å². The number of anilines is 1. The molecule has 130 valence electrons. The number of ether oxygens (including phenoxy) is 1. The van der Waals surface area contributed by atoms with Crippen molar-refractivity contribution in [1.82, 2.24) is 10.2 Å². The minimum Gasteiger partial charge on any atom is -0.484 e. The number of carbonyl (C=O) groups is 2. The predicted octanol–water partition coefficient (Wildman–Crippen LogP) is 1.55. The van der Waals surface area contributed by atoms with Gasteiger partial charge in [0.1, 0.15) is 5.75 Å². The summed E-state index contributed by atoms with van der Waals surface area (Å²) in [6.07, 6.45) is 3.55. The first-order valence-electron chi connectivity index (χ1n) is 8.72. The van der Waals surface area contributed by atoms with Crippen LogP contribution in [0.15, 0.2) is 18.2 Å². The molecule has 24 heavy (non-hydrogen) atoms. The van der Waals surface area contributed by atoms with E-state index >= 15 is 0 Å². The molecule has 0 aromatic heterocycles. The average molecular weight is 331 g/mol. The molecule has 2 aliphatic rings. The summed E-state index contributed by atoms with van der Waals surface area (Å²) < 4.78 is 5.59. The van der Waals surface area contributed by atoms with Crippen molar-refractivity contribution >= 4 is 17.5 Å². The fraction of sp³-hybridized carbons (Fsp3) is 0.556. The van der Waals surface area contributed by atoms with Crippen LogP contribution in [0.2, 0.25) is 0 Å². The Labute approximate surface area is 142 Å². The third-order valence-corrected chi connectivity index (χ3v) is 4.78. The molecule has 0 unspecified atom stereocenters. The number of benzene rings is 1. The van der Waals surface area contributed by atoms with E-state index in [0.717, 1.165) is 30.8 Å². The fourth-order valence-electron chi connectivity index (χ4n) is 3.42. The number of likely N-dealkylation sites (tertiary alicyclic amines) is 1. The van der Waals surface area contributed by atoms with Crippen molar-refractivity contribution < 1.29 is 14.3 Å². The Balaban J connectivity index is 1.45. The number of likely N-dealkylation sites (N-methyl/N-ethyl adjacent to an activating group) is 1. The van der Waals surface area contributed by atoms with E-state index in [0.29, 0.717) is 31.2 Å². The summed E-state index contributed by atoms with van der Waals surface area (Å²) in [6.45, 7) is 5.01. The lowest BCUT2D eigenvalue weighted by atomic mass is 10.0. The van der Waals surface area contributed by atoms with Crippen LogP contribution in [0.3, 0.4) is 0 Å². The van der Waals surface area contributed by atoms with Crippen LogP contribution in [0.4, 0.5) is 5.69 Å². The Morgan fingerprint density at radius 2 is 2.29 bits per heavy atom. The van der Waals surface area contributed by atoms with Gasteiger partial charge < -0.3 is 15.4 Å². The second kappa shape index (κ2) is 7.66. The van der Waals surface area contributed by atoms with Gasteiger partial charge in [-0.1, -0.05) is 6.92 Å². The molecule has 2 heterocycles. The van der Waals surface area contributed by atoms with Crippen LogP contribution in [0.1, 0.15) is 31.7 Å². The second-order valence-electron chi connectivity index (χ2n) is 6.38. The first-order valence-corrected chi connectivity index (χ1v) is 8.72. The van der Waals surface area contributed by atoms with E-state index in [9.17, 15) is 9.59 Å². The maximum atomic E-state index is 12.0. The van der Waals surface area contributed by atoms with Gasteiger partial charge in [0.2, 0.25) is 5.91 Å². The monoisotopic (exact) mass is 331 g/mol. The zero-order chi connectivity index (χ0) is 16.9. The van der Waals surface area contributed by atoms with E-state index < -0.39 is 0 Å². The number of rotatable bonds is 6. The Morgan fingerprint density at radius 1 is 1.42 bits per heavy atom. The molecule has 2 amide bonds. The minimum absolute atomic E-state index is 0.0178. The molecule has 0 spiro atoms. The molecule has 0 radical (unpaired) electrons. The molecule has 2 N–H and O–H groups in total. The van der Waals surface area contributed by atoms with Crippen LogP contribution in [0, 0.1) is 0 Å². The van der Waals surface area contributed by atoms with Crippen molar-refractivity contribution in [2.24, 2.45) is 0 Å². The minimum atomic E-state index is -0.0935. The number of nitrogens with zero attached hydrogens (tertiary/aromatic N) is 1. The van der Waals surface area contributed by atoms with E-state index in [2.05, 4.69) is 22.5 Å². The summed E-state index contributed by atoms with van der Waals surface area (Å²) in [5, 5.41) is 5.80. The van der Waals surface area contributed by atoms with Crippen LogP contribution in [0.5, 0.6) is 5.75 Å². The van der Waals surface area contributed by atoms with E-state index in [1.165, 1.54) is 6.42 Å². The highest BCUT2D eigenvalue weighted by molar-refractivity contribution is 5.94. The average Bonchev–Trinajstić information content (AvgIpc) is 3.05. The number of fused-ring (bicyclic) bond motifs is 1. The van der Waals surface area contributed by atoms with Gasteiger partial charge in [0.25, 0.3) is 5.91 Å². The highest BCUT2D eigenvalue weighted by Crippen LogP contribution is 2.26. The molecule has 1 saturated heterocycles. The Morgan fingerprint density at radius 3 is 3.12 bits per heavy atom. The summed E-state index contributed by atoms with van der Waals surface area (Å²) >= 11 is 0. The van der Waals surface area contributed by atoms with Gasteiger partial charge in [0.15, 0.2) is 6.61 Å². The zero-order valence-corrected chi connectivity index (χ0v) is 14.1.